The topological polar surface area (TPSA) is 73.6 Å². The predicted molar refractivity (Wildman–Crippen MR) is 86.1 cm³/mol. The Bertz CT molecular complexity index is 612. The van der Waals surface area contributed by atoms with Gasteiger partial charge in [-0.1, -0.05) is 24.3 Å². The minimum Gasteiger partial charge on any atom is -0.492 e. The molecule has 0 aromatic heterocycles. The third kappa shape index (κ3) is 4.49. The highest BCUT2D eigenvalue weighted by Crippen LogP contribution is 2.23. The molecule has 5 heteroatoms. The molecule has 0 heterocycles. The number of anilines is 1. The zero-order valence-electron chi connectivity index (χ0n) is 12.5. The number of hydrogen-bond donors (Lipinski definition) is 2. The number of nitrogens with one attached hydrogen (secondary N) is 1. The van der Waals surface area contributed by atoms with Crippen LogP contribution >= 0.6 is 0 Å². The van der Waals surface area contributed by atoms with E-state index in [0.29, 0.717) is 30.3 Å². The second kappa shape index (κ2) is 8.05. The van der Waals surface area contributed by atoms with E-state index in [9.17, 15) is 4.79 Å². The molecule has 0 saturated carbocycles. The van der Waals surface area contributed by atoms with Gasteiger partial charge in [0.05, 0.1) is 12.3 Å². The molecular formula is C17H20N2O3. The number of carbonyl (C=O) groups excluding carboxylic acids is 1. The first-order valence-electron chi connectivity index (χ1n) is 7.16. The van der Waals surface area contributed by atoms with Gasteiger partial charge in [-0.3, -0.25) is 4.79 Å². The molecule has 2 aromatic rings. The summed E-state index contributed by atoms with van der Waals surface area (Å²) in [6.45, 7) is 2.85. The highest BCUT2D eigenvalue weighted by Gasteiger charge is 2.08. The zero-order chi connectivity index (χ0) is 15.8. The number of carbonyl (C=O) groups is 1. The van der Waals surface area contributed by atoms with Gasteiger partial charge in [0.2, 0.25) is 0 Å². The van der Waals surface area contributed by atoms with Crippen molar-refractivity contribution in [3.05, 3.63) is 54.1 Å². The summed E-state index contributed by atoms with van der Waals surface area (Å²) in [4.78, 5) is 12.0. The van der Waals surface area contributed by atoms with Crippen molar-refractivity contribution in [2.24, 2.45) is 5.73 Å². The molecule has 0 radical (unpaired) electrons. The minimum atomic E-state index is -0.241. The summed E-state index contributed by atoms with van der Waals surface area (Å²) in [5, 5.41) is 2.78. The fraction of sp³-hybridized carbons (Fsp3) is 0.235. The van der Waals surface area contributed by atoms with Crippen molar-refractivity contribution in [3.63, 3.8) is 0 Å². The molecule has 0 unspecified atom stereocenters. The summed E-state index contributed by atoms with van der Waals surface area (Å²) >= 11 is 0. The van der Waals surface area contributed by atoms with Gasteiger partial charge in [-0.25, -0.2) is 0 Å². The van der Waals surface area contributed by atoms with E-state index in [1.54, 1.807) is 18.2 Å². The molecular weight excluding hydrogens is 280 g/mol. The van der Waals surface area contributed by atoms with Crippen molar-refractivity contribution in [2.45, 2.75) is 13.5 Å². The fourth-order valence-corrected chi connectivity index (χ4v) is 1.91. The van der Waals surface area contributed by atoms with Gasteiger partial charge in [0, 0.05) is 6.54 Å². The van der Waals surface area contributed by atoms with E-state index in [4.69, 9.17) is 15.2 Å². The highest BCUT2D eigenvalue weighted by molar-refractivity contribution is 5.93. The van der Waals surface area contributed by atoms with Gasteiger partial charge in [0.1, 0.15) is 11.5 Å². The van der Waals surface area contributed by atoms with Gasteiger partial charge >= 0.3 is 0 Å². The van der Waals surface area contributed by atoms with E-state index in [2.05, 4.69) is 5.32 Å². The lowest BCUT2D eigenvalue weighted by Gasteiger charge is -2.12. The molecule has 116 valence electrons. The molecule has 0 aliphatic carbocycles. The summed E-state index contributed by atoms with van der Waals surface area (Å²) in [6.07, 6.45) is 0. The molecule has 0 aliphatic rings. The zero-order valence-corrected chi connectivity index (χ0v) is 12.5. The van der Waals surface area contributed by atoms with Crippen molar-refractivity contribution in [2.75, 3.05) is 18.5 Å². The average Bonchev–Trinajstić information content (AvgIpc) is 2.55. The van der Waals surface area contributed by atoms with Gasteiger partial charge in [-0.15, -0.1) is 0 Å². The van der Waals surface area contributed by atoms with Crippen molar-refractivity contribution >= 4 is 11.6 Å². The fourth-order valence-electron chi connectivity index (χ4n) is 1.91. The Morgan fingerprint density at radius 2 is 1.82 bits per heavy atom. The van der Waals surface area contributed by atoms with Crippen molar-refractivity contribution in [1.82, 2.24) is 0 Å². The lowest BCUT2D eigenvalue weighted by Crippen LogP contribution is -2.20. The van der Waals surface area contributed by atoms with Crippen LogP contribution in [-0.4, -0.2) is 19.1 Å². The second-order valence-corrected chi connectivity index (χ2v) is 4.61. The van der Waals surface area contributed by atoms with Crippen LogP contribution in [-0.2, 0) is 11.3 Å². The first-order chi connectivity index (χ1) is 10.7. The molecule has 0 fully saturated rings. The van der Waals surface area contributed by atoms with Crippen molar-refractivity contribution < 1.29 is 14.3 Å². The molecule has 0 bridgehead atoms. The Morgan fingerprint density at radius 1 is 1.09 bits per heavy atom. The number of amides is 1. The van der Waals surface area contributed by atoms with Gasteiger partial charge in [0.25, 0.3) is 5.91 Å². The van der Waals surface area contributed by atoms with Crippen LogP contribution in [0.2, 0.25) is 0 Å². The Labute approximate surface area is 130 Å². The van der Waals surface area contributed by atoms with Gasteiger partial charge < -0.3 is 20.5 Å². The molecule has 3 N–H and O–H groups in total. The molecule has 0 spiro atoms. The Morgan fingerprint density at radius 3 is 2.50 bits per heavy atom. The highest BCUT2D eigenvalue weighted by atomic mass is 16.5. The largest absolute Gasteiger partial charge is 0.492 e. The van der Waals surface area contributed by atoms with E-state index >= 15 is 0 Å². The molecule has 0 saturated heterocycles. The number of hydrogen-bond acceptors (Lipinski definition) is 4. The van der Waals surface area contributed by atoms with E-state index in [1.165, 1.54) is 0 Å². The van der Waals surface area contributed by atoms with Crippen LogP contribution in [0.4, 0.5) is 5.69 Å². The lowest BCUT2D eigenvalue weighted by atomic mass is 10.2. The molecule has 22 heavy (non-hydrogen) atoms. The smallest absolute Gasteiger partial charge is 0.262 e. The van der Waals surface area contributed by atoms with Crippen LogP contribution in [0.3, 0.4) is 0 Å². The predicted octanol–water partition coefficient (Wildman–Crippen LogP) is 2.56. The minimum absolute atomic E-state index is 0.0670. The number of para-hydroxylation sites is 2. The maximum atomic E-state index is 12.0. The van der Waals surface area contributed by atoms with E-state index in [0.717, 1.165) is 5.56 Å². The summed E-state index contributed by atoms with van der Waals surface area (Å²) < 4.78 is 10.9. The van der Waals surface area contributed by atoms with Gasteiger partial charge in [0.15, 0.2) is 6.61 Å². The van der Waals surface area contributed by atoms with Gasteiger partial charge in [-0.2, -0.15) is 0 Å². The van der Waals surface area contributed by atoms with Crippen LogP contribution in [0, 0.1) is 0 Å². The third-order valence-corrected chi connectivity index (χ3v) is 2.99. The maximum Gasteiger partial charge on any atom is 0.262 e. The maximum absolute atomic E-state index is 12.0. The van der Waals surface area contributed by atoms with E-state index in [-0.39, 0.29) is 12.5 Å². The molecule has 2 aromatic carbocycles. The molecule has 2 rings (SSSR count). The van der Waals surface area contributed by atoms with Gasteiger partial charge in [-0.05, 0) is 36.8 Å². The molecule has 5 nitrogen and oxygen atoms in total. The second-order valence-electron chi connectivity index (χ2n) is 4.61. The molecule has 0 aliphatic heterocycles. The average molecular weight is 300 g/mol. The van der Waals surface area contributed by atoms with Crippen molar-refractivity contribution in [3.8, 4) is 11.5 Å². The third-order valence-electron chi connectivity index (χ3n) is 2.99. The van der Waals surface area contributed by atoms with Crippen LogP contribution in [0.5, 0.6) is 11.5 Å². The number of rotatable bonds is 7. The lowest BCUT2D eigenvalue weighted by molar-refractivity contribution is -0.118. The standard InChI is InChI=1S/C17H20N2O3/c1-2-21-16-6-4-3-5-15(16)19-17(20)12-22-14-9-7-13(11-18)8-10-14/h3-10H,2,11-12,18H2,1H3,(H,19,20). The number of benzene rings is 2. The summed E-state index contributed by atoms with van der Waals surface area (Å²) in [5.41, 5.74) is 7.18. The van der Waals surface area contributed by atoms with Crippen LogP contribution < -0.4 is 20.5 Å². The Kier molecular flexibility index (Phi) is 5.80. The molecule has 0 atom stereocenters. The van der Waals surface area contributed by atoms with Crippen LogP contribution in [0.15, 0.2) is 48.5 Å². The first kappa shape index (κ1) is 15.9. The Hall–Kier alpha value is -2.53. The number of ether oxygens (including phenoxy) is 2. The Balaban J connectivity index is 1.90. The van der Waals surface area contributed by atoms with Crippen molar-refractivity contribution in [1.29, 1.82) is 0 Å². The monoisotopic (exact) mass is 300 g/mol. The van der Waals surface area contributed by atoms with Crippen LogP contribution in [0.25, 0.3) is 0 Å². The van der Waals surface area contributed by atoms with Crippen LogP contribution in [0.1, 0.15) is 12.5 Å². The molecule has 1 amide bonds. The summed E-state index contributed by atoms with van der Waals surface area (Å²) in [6, 6.07) is 14.6. The number of nitrogens with two attached hydrogens (primary N) is 1. The summed E-state index contributed by atoms with van der Waals surface area (Å²) in [7, 11) is 0. The quantitative estimate of drug-likeness (QED) is 0.824. The van der Waals surface area contributed by atoms with E-state index in [1.807, 2.05) is 37.3 Å². The normalized spacial score (nSPS) is 10.1. The summed E-state index contributed by atoms with van der Waals surface area (Å²) in [5.74, 6) is 1.03. The first-order valence-corrected chi connectivity index (χ1v) is 7.16. The SMILES string of the molecule is CCOc1ccccc1NC(=O)COc1ccc(CN)cc1. The van der Waals surface area contributed by atoms with E-state index < -0.39 is 0 Å².